The summed E-state index contributed by atoms with van der Waals surface area (Å²) in [6.07, 6.45) is 1.43. The Labute approximate surface area is 100 Å². The van der Waals surface area contributed by atoms with Crippen LogP contribution in [0.15, 0.2) is 12.7 Å². The third-order valence-electron chi connectivity index (χ3n) is 1.02. The van der Waals surface area contributed by atoms with Gasteiger partial charge in [0.05, 0.1) is 0 Å². The number of rotatable bonds is 5. The van der Waals surface area contributed by atoms with Gasteiger partial charge < -0.3 is 14.7 Å². The zero-order valence-electron chi connectivity index (χ0n) is 8.04. The van der Waals surface area contributed by atoms with Gasteiger partial charge in [-0.2, -0.15) is 0 Å². The number of aliphatic hydroxyl groups is 1. The zero-order valence-corrected chi connectivity index (χ0v) is 10.9. The molecule has 0 aliphatic rings. The molecule has 0 aromatic heterocycles. The van der Waals surface area contributed by atoms with E-state index in [9.17, 15) is 0 Å². The van der Waals surface area contributed by atoms with Gasteiger partial charge in [0.2, 0.25) is 0 Å². The van der Waals surface area contributed by atoms with Crippen LogP contribution in [0.3, 0.4) is 0 Å². The number of ether oxygens (including phenoxy) is 1. The Hall–Kier alpha value is 0.770. The third-order valence-corrected chi connectivity index (χ3v) is 1.96. The summed E-state index contributed by atoms with van der Waals surface area (Å²) in [4.78, 5) is 21.6. The van der Waals surface area contributed by atoms with Gasteiger partial charge in [-0.15, -0.1) is 0 Å². The molecule has 1 atom stereocenters. The number of hydrogen-bond acceptors (Lipinski definition) is 3. The van der Waals surface area contributed by atoms with E-state index in [0.29, 0.717) is 13.2 Å². The molecule has 80 valence electrons. The SMILES string of the molecule is C=CCOCC(O)[CH2][Na].O=P(O)(O)O. The Kier molecular flexibility index (Phi) is 12.6. The van der Waals surface area contributed by atoms with E-state index in [4.69, 9.17) is 29.1 Å². The van der Waals surface area contributed by atoms with Crippen LogP contribution in [0.2, 0.25) is 3.67 Å². The molecule has 0 saturated heterocycles. The van der Waals surface area contributed by atoms with Gasteiger partial charge in [0.1, 0.15) is 0 Å². The Balaban J connectivity index is 0. The third kappa shape index (κ3) is 29.3. The van der Waals surface area contributed by atoms with E-state index in [1.807, 2.05) is 0 Å². The van der Waals surface area contributed by atoms with Crippen molar-refractivity contribution in [2.75, 3.05) is 13.2 Å². The van der Waals surface area contributed by atoms with Gasteiger partial charge in [-0.3, -0.25) is 0 Å². The van der Waals surface area contributed by atoms with Gasteiger partial charge in [-0.25, -0.2) is 4.57 Å². The number of hydrogen-bond donors (Lipinski definition) is 4. The molecule has 14 heavy (non-hydrogen) atoms. The second-order valence-electron chi connectivity index (χ2n) is 2.40. The van der Waals surface area contributed by atoms with Crippen molar-refractivity contribution in [3.63, 3.8) is 0 Å². The van der Waals surface area contributed by atoms with Crippen molar-refractivity contribution in [1.82, 2.24) is 0 Å². The van der Waals surface area contributed by atoms with Crippen molar-refractivity contribution in [3.05, 3.63) is 12.7 Å². The minimum absolute atomic E-state index is 0.253. The molecule has 0 aliphatic heterocycles. The fourth-order valence-electron chi connectivity index (χ4n) is 0.405. The molecule has 0 aromatic carbocycles. The maximum Gasteiger partial charge on any atom is 0.466 e. The second-order valence-corrected chi connectivity index (χ2v) is 4.24. The van der Waals surface area contributed by atoms with Crippen molar-refractivity contribution in [3.8, 4) is 0 Å². The first-order chi connectivity index (χ1) is 6.31. The molecule has 0 radical (unpaired) electrons. The van der Waals surface area contributed by atoms with E-state index in [2.05, 4.69) is 6.58 Å². The second kappa shape index (κ2) is 10.3. The fraction of sp³-hybridized carbons (Fsp3) is 0.667. The zero-order chi connectivity index (χ0) is 11.6. The van der Waals surface area contributed by atoms with Crippen LogP contribution < -0.4 is 0 Å². The van der Waals surface area contributed by atoms with E-state index in [0.717, 1.165) is 31.6 Å². The van der Waals surface area contributed by atoms with Gasteiger partial charge in [0.15, 0.2) is 0 Å². The molecule has 6 nitrogen and oxygen atoms in total. The molecule has 0 heterocycles. The molecular formula is C6H14NaO6P. The normalized spacial score (nSPS) is 12.7. The van der Waals surface area contributed by atoms with Crippen molar-refractivity contribution in [2.24, 2.45) is 0 Å². The average Bonchev–Trinajstić information content (AvgIpc) is 2.01. The van der Waals surface area contributed by atoms with Crippen LogP contribution in [-0.4, -0.2) is 67.0 Å². The Morgan fingerprint density at radius 1 is 1.50 bits per heavy atom. The average molecular weight is 236 g/mol. The van der Waals surface area contributed by atoms with Gasteiger partial charge in [-0.1, -0.05) is 0 Å². The van der Waals surface area contributed by atoms with Crippen LogP contribution in [-0.2, 0) is 9.30 Å². The Bertz CT molecular complexity index is 173. The molecule has 0 aromatic rings. The van der Waals surface area contributed by atoms with Crippen molar-refractivity contribution >= 4 is 35.8 Å². The Morgan fingerprint density at radius 3 is 2.21 bits per heavy atom. The Morgan fingerprint density at radius 2 is 1.93 bits per heavy atom. The van der Waals surface area contributed by atoms with Gasteiger partial charge in [-0.05, 0) is 0 Å². The number of phosphoric acid groups is 1. The topological polar surface area (TPSA) is 107 Å². The summed E-state index contributed by atoms with van der Waals surface area (Å²) in [5.41, 5.74) is 0. The molecule has 0 spiro atoms. The summed E-state index contributed by atoms with van der Waals surface area (Å²) < 4.78 is 14.8. The first kappa shape index (κ1) is 17.2. The van der Waals surface area contributed by atoms with Crippen LogP contribution in [0.4, 0.5) is 0 Å². The predicted molar refractivity (Wildman–Crippen MR) is 51.8 cm³/mol. The van der Waals surface area contributed by atoms with E-state index in [1.54, 1.807) is 6.08 Å². The van der Waals surface area contributed by atoms with Crippen LogP contribution in [0, 0.1) is 0 Å². The molecule has 0 saturated carbocycles. The first-order valence-electron chi connectivity index (χ1n) is 3.96. The van der Waals surface area contributed by atoms with Crippen LogP contribution in [0.25, 0.3) is 0 Å². The molecule has 0 fully saturated rings. The van der Waals surface area contributed by atoms with Gasteiger partial charge in [0, 0.05) is 0 Å². The molecule has 1 unspecified atom stereocenters. The molecule has 4 N–H and O–H groups in total. The minimum Gasteiger partial charge on any atom is -0.303 e. The van der Waals surface area contributed by atoms with Crippen LogP contribution >= 0.6 is 7.82 Å². The smallest absolute Gasteiger partial charge is 0.303 e. The minimum atomic E-state index is -4.64. The summed E-state index contributed by atoms with van der Waals surface area (Å²) in [5, 5.41) is 8.96. The van der Waals surface area contributed by atoms with Crippen molar-refractivity contribution in [1.29, 1.82) is 0 Å². The molecule has 0 bridgehead atoms. The van der Waals surface area contributed by atoms with E-state index < -0.39 is 7.82 Å². The molecular weight excluding hydrogens is 222 g/mol. The summed E-state index contributed by atoms with van der Waals surface area (Å²) in [6, 6.07) is 0. The molecule has 0 amide bonds. The predicted octanol–water partition coefficient (Wildman–Crippen LogP) is -0.792. The van der Waals surface area contributed by atoms with Crippen LogP contribution in [0.1, 0.15) is 0 Å². The van der Waals surface area contributed by atoms with Gasteiger partial charge >= 0.3 is 81.2 Å². The maximum absolute atomic E-state index is 8.96. The van der Waals surface area contributed by atoms with Crippen LogP contribution in [0.5, 0.6) is 0 Å². The van der Waals surface area contributed by atoms with Crippen molar-refractivity contribution in [2.45, 2.75) is 9.77 Å². The van der Waals surface area contributed by atoms with Gasteiger partial charge in [0.25, 0.3) is 0 Å². The quantitative estimate of drug-likeness (QED) is 0.215. The molecule has 0 aliphatic carbocycles. The fourth-order valence-corrected chi connectivity index (χ4v) is 0.641. The standard InChI is InChI=1S/C6H11O2.Na.H3O4P/c1-3-4-8-5-6(2)7;;1-5(2,3)4/h3,6-7H,1-2,4-5H2;;(H3,1,2,3,4). The van der Waals surface area contributed by atoms with E-state index in [1.165, 1.54) is 0 Å². The largest absolute Gasteiger partial charge is 0.466 e. The first-order valence-corrected chi connectivity index (χ1v) is 6.94. The maximum atomic E-state index is 8.96. The number of aliphatic hydroxyl groups excluding tert-OH is 1. The summed E-state index contributed by atoms with van der Waals surface area (Å²) in [6.45, 7) is 4.48. The molecule has 0 rings (SSSR count). The summed E-state index contributed by atoms with van der Waals surface area (Å²) in [7, 11) is -4.64. The summed E-state index contributed by atoms with van der Waals surface area (Å²) >= 11 is 1.04. The van der Waals surface area contributed by atoms with E-state index in [-0.39, 0.29) is 6.10 Å². The van der Waals surface area contributed by atoms with Crippen molar-refractivity contribution < 1.29 is 29.1 Å². The monoisotopic (exact) mass is 236 g/mol. The summed E-state index contributed by atoms with van der Waals surface area (Å²) in [5.74, 6) is 0. The molecule has 8 heteroatoms. The van der Waals surface area contributed by atoms with E-state index >= 15 is 0 Å².